The average molecular weight is 440 g/mol. The zero-order chi connectivity index (χ0) is 22.1. The minimum atomic E-state index is -4.34. The van der Waals surface area contributed by atoms with Crippen LogP contribution in [0.2, 0.25) is 0 Å². The standard InChI is InChI=1S/C19H21F2N3O5S/c1-14(21)11-18(19(25)23-26)24(13-15-3-2-9-22-12-15)30(27,28)17-6-4-16(5-7-17)29-10-8-20/h2-7,9,12,18,26H,1,8,10-11,13H2,(H,23,25)/t18-/m1/s1/i20-1. The summed E-state index contributed by atoms with van der Waals surface area (Å²) in [6, 6.07) is 6.66. The number of ether oxygens (including phenoxy) is 1. The number of hydrogen-bond acceptors (Lipinski definition) is 6. The monoisotopic (exact) mass is 440 g/mol. The molecule has 0 bridgehead atoms. The first-order valence-electron chi connectivity index (χ1n) is 8.76. The van der Waals surface area contributed by atoms with E-state index in [1.165, 1.54) is 42.1 Å². The van der Waals surface area contributed by atoms with Crippen LogP contribution in [-0.2, 0) is 21.4 Å². The van der Waals surface area contributed by atoms with E-state index in [1.807, 2.05) is 0 Å². The first-order valence-corrected chi connectivity index (χ1v) is 10.2. The van der Waals surface area contributed by atoms with E-state index in [2.05, 4.69) is 11.6 Å². The number of halogens is 2. The van der Waals surface area contributed by atoms with Crippen LogP contribution < -0.4 is 10.2 Å². The van der Waals surface area contributed by atoms with E-state index >= 15 is 0 Å². The molecule has 0 spiro atoms. The molecule has 0 unspecified atom stereocenters. The predicted molar refractivity (Wildman–Crippen MR) is 103 cm³/mol. The van der Waals surface area contributed by atoms with Gasteiger partial charge in [-0.1, -0.05) is 12.6 Å². The third-order valence-electron chi connectivity index (χ3n) is 4.01. The summed E-state index contributed by atoms with van der Waals surface area (Å²) < 4.78 is 58.2. The number of alkyl halides is 1. The molecule has 1 aromatic heterocycles. The number of amides is 1. The molecule has 0 saturated heterocycles. The van der Waals surface area contributed by atoms with Crippen LogP contribution in [0.25, 0.3) is 0 Å². The van der Waals surface area contributed by atoms with Crippen LogP contribution in [0.4, 0.5) is 8.78 Å². The van der Waals surface area contributed by atoms with E-state index < -0.39 is 40.9 Å². The van der Waals surface area contributed by atoms with Gasteiger partial charge < -0.3 is 4.74 Å². The second kappa shape index (κ2) is 10.8. The zero-order valence-corrected chi connectivity index (χ0v) is 16.7. The zero-order valence-electron chi connectivity index (χ0n) is 15.9. The number of carbonyl (C=O) groups excluding carboxylic acids is 1. The van der Waals surface area contributed by atoms with Gasteiger partial charge in [-0.2, -0.15) is 4.31 Å². The Hall–Kier alpha value is -2.89. The molecule has 30 heavy (non-hydrogen) atoms. The first kappa shape index (κ1) is 23.4. The van der Waals surface area contributed by atoms with Gasteiger partial charge in [-0.25, -0.2) is 22.7 Å². The summed E-state index contributed by atoms with van der Waals surface area (Å²) >= 11 is 0. The van der Waals surface area contributed by atoms with Gasteiger partial charge in [0.05, 0.1) is 10.7 Å². The lowest BCUT2D eigenvalue weighted by Gasteiger charge is -2.29. The van der Waals surface area contributed by atoms with Crippen molar-refractivity contribution in [3.63, 3.8) is 0 Å². The molecule has 11 heteroatoms. The molecule has 2 N–H and O–H groups in total. The van der Waals surface area contributed by atoms with Crippen molar-refractivity contribution in [1.82, 2.24) is 14.8 Å². The van der Waals surface area contributed by atoms with Gasteiger partial charge in [0.15, 0.2) is 0 Å². The van der Waals surface area contributed by atoms with Crippen LogP contribution in [-0.4, -0.2) is 48.1 Å². The SMILES string of the molecule is C=C(F)C[C@H](C(=O)NO)N(Cc1cccnc1)S(=O)(=O)c1ccc(OCC[18F])cc1. The molecule has 0 radical (unpaired) electrons. The van der Waals surface area contributed by atoms with Crippen LogP contribution in [0.5, 0.6) is 5.75 Å². The molecule has 0 aliphatic heterocycles. The molecule has 0 saturated carbocycles. The summed E-state index contributed by atoms with van der Waals surface area (Å²) in [5, 5.41) is 9.06. The van der Waals surface area contributed by atoms with E-state index in [1.54, 1.807) is 12.1 Å². The Morgan fingerprint density at radius 2 is 2.00 bits per heavy atom. The fourth-order valence-electron chi connectivity index (χ4n) is 2.64. The van der Waals surface area contributed by atoms with Gasteiger partial charge in [0.2, 0.25) is 10.0 Å². The van der Waals surface area contributed by atoms with Crippen LogP contribution in [0.15, 0.2) is 66.1 Å². The average Bonchev–Trinajstić information content (AvgIpc) is 2.74. The third kappa shape index (κ3) is 6.05. The van der Waals surface area contributed by atoms with Gasteiger partial charge in [-0.3, -0.25) is 15.0 Å². The van der Waals surface area contributed by atoms with Crippen molar-refractivity contribution < 1.29 is 31.9 Å². The molecule has 0 fully saturated rings. The maximum atomic E-state index is 13.6. The highest BCUT2D eigenvalue weighted by molar-refractivity contribution is 7.89. The number of nitrogens with zero attached hydrogens (tertiary/aromatic N) is 2. The lowest BCUT2D eigenvalue weighted by atomic mass is 10.1. The van der Waals surface area contributed by atoms with Gasteiger partial charge >= 0.3 is 0 Å². The predicted octanol–water partition coefficient (Wildman–Crippen LogP) is 2.37. The molecule has 1 heterocycles. The number of carbonyl (C=O) groups is 1. The lowest BCUT2D eigenvalue weighted by molar-refractivity contribution is -0.133. The highest BCUT2D eigenvalue weighted by Crippen LogP contribution is 2.26. The molecule has 1 aromatic carbocycles. The van der Waals surface area contributed by atoms with E-state index in [9.17, 15) is 22.0 Å². The summed E-state index contributed by atoms with van der Waals surface area (Å²) in [5.41, 5.74) is 1.80. The minimum absolute atomic E-state index is 0.184. The summed E-state index contributed by atoms with van der Waals surface area (Å²) in [5.74, 6) is -1.80. The van der Waals surface area contributed by atoms with Gasteiger partial charge in [0.1, 0.15) is 25.1 Å². The van der Waals surface area contributed by atoms with Crippen molar-refractivity contribution in [2.24, 2.45) is 0 Å². The first-order chi connectivity index (χ1) is 14.3. The van der Waals surface area contributed by atoms with Gasteiger partial charge in [-0.15, -0.1) is 0 Å². The molecule has 8 nitrogen and oxygen atoms in total. The van der Waals surface area contributed by atoms with Crippen LogP contribution in [0.3, 0.4) is 0 Å². The summed E-state index contributed by atoms with van der Waals surface area (Å²) in [7, 11) is -4.34. The lowest BCUT2D eigenvalue weighted by Crippen LogP contribution is -2.48. The quantitative estimate of drug-likeness (QED) is 0.410. The molecular weight excluding hydrogens is 419 g/mol. The van der Waals surface area contributed by atoms with E-state index in [0.717, 1.165) is 4.31 Å². The summed E-state index contributed by atoms with van der Waals surface area (Å²) in [6.07, 6.45) is 2.22. The smallest absolute Gasteiger partial charge is 0.262 e. The number of sulfonamides is 1. The van der Waals surface area contributed by atoms with Crippen molar-refractivity contribution in [2.45, 2.75) is 23.9 Å². The van der Waals surface area contributed by atoms with Gasteiger partial charge in [-0.05, 0) is 35.9 Å². The highest BCUT2D eigenvalue weighted by Gasteiger charge is 2.36. The number of nitrogens with one attached hydrogen (secondary N) is 1. The van der Waals surface area contributed by atoms with E-state index in [0.29, 0.717) is 5.56 Å². The number of aromatic nitrogens is 1. The molecule has 162 valence electrons. The fourth-order valence-corrected chi connectivity index (χ4v) is 4.22. The number of hydrogen-bond donors (Lipinski definition) is 2. The molecule has 0 aliphatic carbocycles. The number of pyridine rings is 1. The normalized spacial score (nSPS) is 12.4. The topological polar surface area (TPSA) is 109 Å². The van der Waals surface area contributed by atoms with E-state index in [-0.39, 0.29) is 23.8 Å². The van der Waals surface area contributed by atoms with Crippen LogP contribution in [0, 0.1) is 0 Å². The fraction of sp³-hybridized carbons (Fsp3) is 0.263. The van der Waals surface area contributed by atoms with Crippen molar-refractivity contribution in [3.05, 3.63) is 66.8 Å². The van der Waals surface area contributed by atoms with Gasteiger partial charge in [0.25, 0.3) is 5.91 Å². The maximum Gasteiger partial charge on any atom is 0.262 e. The third-order valence-corrected chi connectivity index (χ3v) is 5.88. The summed E-state index contributed by atoms with van der Waals surface area (Å²) in [4.78, 5) is 15.9. The molecule has 2 rings (SSSR count). The van der Waals surface area contributed by atoms with Crippen molar-refractivity contribution >= 4 is 15.9 Å². The van der Waals surface area contributed by atoms with Crippen molar-refractivity contribution in [1.29, 1.82) is 0 Å². The Labute approximate surface area is 172 Å². The largest absolute Gasteiger partial charge is 0.491 e. The molecule has 1 atom stereocenters. The number of benzene rings is 1. The molecular formula is C19H21F2N3O5S. The second-order valence-electron chi connectivity index (χ2n) is 6.13. The van der Waals surface area contributed by atoms with Gasteiger partial charge in [0, 0.05) is 25.4 Å². The van der Waals surface area contributed by atoms with Crippen LogP contribution >= 0.6 is 0 Å². The maximum absolute atomic E-state index is 13.6. The van der Waals surface area contributed by atoms with E-state index in [4.69, 9.17) is 9.94 Å². The number of rotatable bonds is 11. The highest BCUT2D eigenvalue weighted by atomic mass is 32.2. The number of hydroxylamine groups is 1. The Balaban J connectivity index is 2.47. The Morgan fingerprint density at radius 3 is 2.53 bits per heavy atom. The Morgan fingerprint density at radius 1 is 1.30 bits per heavy atom. The second-order valence-corrected chi connectivity index (χ2v) is 8.02. The van der Waals surface area contributed by atoms with Crippen molar-refractivity contribution in [3.8, 4) is 5.75 Å². The Kier molecular flexibility index (Phi) is 8.39. The van der Waals surface area contributed by atoms with Crippen molar-refractivity contribution in [2.75, 3.05) is 13.3 Å². The Bertz CT molecular complexity index is 956. The molecule has 2 aromatic rings. The van der Waals surface area contributed by atoms with Crippen LogP contribution in [0.1, 0.15) is 12.0 Å². The summed E-state index contributed by atoms with van der Waals surface area (Å²) in [6.45, 7) is 1.88. The minimum Gasteiger partial charge on any atom is -0.491 e. The molecule has 0 aliphatic rings. The molecule has 1 amide bonds.